The summed E-state index contributed by atoms with van der Waals surface area (Å²) < 4.78 is 0. The molecule has 0 amide bonds. The third kappa shape index (κ3) is 1.85. The van der Waals surface area contributed by atoms with Gasteiger partial charge in [-0.25, -0.2) is 4.79 Å². The highest BCUT2D eigenvalue weighted by molar-refractivity contribution is 5.96. The first-order valence-corrected chi connectivity index (χ1v) is 6.40. The Morgan fingerprint density at radius 1 is 1.17 bits per heavy atom. The summed E-state index contributed by atoms with van der Waals surface area (Å²) >= 11 is 0. The van der Waals surface area contributed by atoms with E-state index in [1.165, 1.54) is 12.8 Å². The number of anilines is 3. The van der Waals surface area contributed by atoms with E-state index < -0.39 is 5.97 Å². The van der Waals surface area contributed by atoms with Crippen molar-refractivity contribution in [2.45, 2.75) is 12.8 Å². The van der Waals surface area contributed by atoms with E-state index in [0.29, 0.717) is 5.56 Å². The van der Waals surface area contributed by atoms with Crippen LogP contribution in [0.1, 0.15) is 23.2 Å². The van der Waals surface area contributed by atoms with Gasteiger partial charge in [-0.05, 0) is 25.0 Å². The Hall–Kier alpha value is -1.91. The highest BCUT2D eigenvalue weighted by Crippen LogP contribution is 2.38. The first-order chi connectivity index (χ1) is 8.75. The number of aromatic carboxylic acids is 1. The molecule has 3 rings (SSSR count). The summed E-state index contributed by atoms with van der Waals surface area (Å²) in [6, 6.07) is 3.50. The van der Waals surface area contributed by atoms with Crippen LogP contribution in [0.25, 0.3) is 0 Å². The smallest absolute Gasteiger partial charge is 0.335 e. The zero-order valence-corrected chi connectivity index (χ0v) is 10.2. The number of carboxylic acid groups (broad SMARTS) is 1. The lowest BCUT2D eigenvalue weighted by molar-refractivity contribution is 0.0697. The van der Waals surface area contributed by atoms with Crippen molar-refractivity contribution in [3.8, 4) is 0 Å². The lowest BCUT2D eigenvalue weighted by Crippen LogP contribution is -2.26. The molecule has 18 heavy (non-hydrogen) atoms. The zero-order chi connectivity index (χ0) is 12.5. The molecule has 0 atom stereocenters. The molecule has 1 aromatic carbocycles. The van der Waals surface area contributed by atoms with Gasteiger partial charge in [0.25, 0.3) is 0 Å². The maximum atomic E-state index is 11.2. The van der Waals surface area contributed by atoms with Gasteiger partial charge >= 0.3 is 5.97 Å². The predicted octanol–water partition coefficient (Wildman–Crippen LogP) is 1.82. The lowest BCUT2D eigenvalue weighted by Gasteiger charge is -2.28. The second-order valence-corrected chi connectivity index (χ2v) is 4.77. The number of carboxylic acids is 1. The van der Waals surface area contributed by atoms with Gasteiger partial charge in [0.15, 0.2) is 0 Å². The quantitative estimate of drug-likeness (QED) is 0.744. The molecule has 2 aliphatic heterocycles. The fraction of sp³-hybridized carbons (Fsp3) is 0.462. The molecule has 0 bridgehead atoms. The lowest BCUT2D eigenvalue weighted by atomic mass is 10.1. The summed E-state index contributed by atoms with van der Waals surface area (Å²) in [6.45, 7) is 3.73. The average Bonchev–Trinajstić information content (AvgIpc) is 2.91. The molecule has 0 aliphatic carbocycles. The number of nitrogens with one attached hydrogen (secondary N) is 2. The van der Waals surface area contributed by atoms with Crippen LogP contribution in [0.4, 0.5) is 17.1 Å². The molecule has 1 aromatic rings. The molecule has 2 aliphatic rings. The molecule has 5 heteroatoms. The average molecular weight is 247 g/mol. The van der Waals surface area contributed by atoms with E-state index in [4.69, 9.17) is 0 Å². The fourth-order valence-corrected chi connectivity index (χ4v) is 2.67. The fourth-order valence-electron chi connectivity index (χ4n) is 2.67. The number of fused-ring (bicyclic) bond motifs is 1. The molecular formula is C13H17N3O2. The monoisotopic (exact) mass is 247 g/mol. The molecule has 0 aromatic heterocycles. The van der Waals surface area contributed by atoms with E-state index in [1.807, 2.05) is 0 Å². The standard InChI is InChI=1S/C13H17N3O2/c17-13(18)9-7-10-12(15-4-3-14-10)11(8-9)16-5-1-2-6-16/h7-8,14-15H,1-6H2,(H,17,18). The second kappa shape index (κ2) is 4.40. The Morgan fingerprint density at radius 3 is 2.61 bits per heavy atom. The highest BCUT2D eigenvalue weighted by Gasteiger charge is 2.22. The largest absolute Gasteiger partial charge is 0.478 e. The Bertz CT molecular complexity index is 481. The van der Waals surface area contributed by atoms with Crippen molar-refractivity contribution < 1.29 is 9.90 Å². The van der Waals surface area contributed by atoms with E-state index in [1.54, 1.807) is 12.1 Å². The van der Waals surface area contributed by atoms with Crippen LogP contribution < -0.4 is 15.5 Å². The highest BCUT2D eigenvalue weighted by atomic mass is 16.4. The maximum Gasteiger partial charge on any atom is 0.335 e. The van der Waals surface area contributed by atoms with Gasteiger partial charge in [-0.1, -0.05) is 0 Å². The summed E-state index contributed by atoms with van der Waals surface area (Å²) in [4.78, 5) is 13.5. The van der Waals surface area contributed by atoms with Crippen LogP contribution in [0.3, 0.4) is 0 Å². The number of benzene rings is 1. The van der Waals surface area contributed by atoms with Crippen LogP contribution in [0, 0.1) is 0 Å². The minimum atomic E-state index is -0.870. The van der Waals surface area contributed by atoms with Crippen molar-refractivity contribution in [3.05, 3.63) is 17.7 Å². The third-order valence-electron chi connectivity index (χ3n) is 3.55. The van der Waals surface area contributed by atoms with Crippen molar-refractivity contribution in [1.82, 2.24) is 0 Å². The van der Waals surface area contributed by atoms with Gasteiger partial charge in [-0.2, -0.15) is 0 Å². The van der Waals surface area contributed by atoms with Gasteiger partial charge in [0.05, 0.1) is 22.6 Å². The van der Waals surface area contributed by atoms with Gasteiger partial charge in [0.2, 0.25) is 0 Å². The van der Waals surface area contributed by atoms with Gasteiger partial charge in [-0.3, -0.25) is 0 Å². The Labute approximate surface area is 106 Å². The Kier molecular flexibility index (Phi) is 2.74. The van der Waals surface area contributed by atoms with Crippen LogP contribution in [-0.4, -0.2) is 37.3 Å². The van der Waals surface area contributed by atoms with Crippen LogP contribution >= 0.6 is 0 Å². The molecule has 1 fully saturated rings. The minimum absolute atomic E-state index is 0.354. The summed E-state index contributed by atoms with van der Waals surface area (Å²) in [5, 5.41) is 15.8. The van der Waals surface area contributed by atoms with E-state index in [-0.39, 0.29) is 0 Å². The van der Waals surface area contributed by atoms with E-state index in [2.05, 4.69) is 15.5 Å². The van der Waals surface area contributed by atoms with Crippen LogP contribution in [0.15, 0.2) is 12.1 Å². The first-order valence-electron chi connectivity index (χ1n) is 6.40. The van der Waals surface area contributed by atoms with Crippen molar-refractivity contribution in [2.24, 2.45) is 0 Å². The first kappa shape index (κ1) is 11.2. The van der Waals surface area contributed by atoms with Crippen LogP contribution in [0.5, 0.6) is 0 Å². The summed E-state index contributed by atoms with van der Waals surface area (Å²) in [7, 11) is 0. The molecule has 1 saturated heterocycles. The number of rotatable bonds is 2. The normalized spacial score (nSPS) is 17.9. The number of nitrogens with zero attached hydrogens (tertiary/aromatic N) is 1. The summed E-state index contributed by atoms with van der Waals surface area (Å²) in [5.41, 5.74) is 3.33. The molecule has 96 valence electrons. The maximum absolute atomic E-state index is 11.2. The van der Waals surface area contributed by atoms with Crippen molar-refractivity contribution >= 4 is 23.0 Å². The van der Waals surface area contributed by atoms with Crippen LogP contribution in [-0.2, 0) is 0 Å². The number of hydrogen-bond donors (Lipinski definition) is 3. The second-order valence-electron chi connectivity index (χ2n) is 4.77. The molecule has 2 heterocycles. The molecule has 0 unspecified atom stereocenters. The number of carbonyl (C=O) groups is 1. The Balaban J connectivity index is 2.08. The molecular weight excluding hydrogens is 230 g/mol. The summed E-state index contributed by atoms with van der Waals surface area (Å²) in [5.74, 6) is -0.870. The molecule has 5 nitrogen and oxygen atoms in total. The minimum Gasteiger partial charge on any atom is -0.478 e. The van der Waals surface area contributed by atoms with Gasteiger partial charge < -0.3 is 20.6 Å². The van der Waals surface area contributed by atoms with Crippen molar-refractivity contribution in [3.63, 3.8) is 0 Å². The van der Waals surface area contributed by atoms with Gasteiger partial charge in [0, 0.05) is 26.2 Å². The Morgan fingerprint density at radius 2 is 1.89 bits per heavy atom. The van der Waals surface area contributed by atoms with Crippen molar-refractivity contribution in [2.75, 3.05) is 41.7 Å². The molecule has 0 saturated carbocycles. The van der Waals surface area contributed by atoms with Gasteiger partial charge in [0.1, 0.15) is 0 Å². The zero-order valence-electron chi connectivity index (χ0n) is 10.2. The predicted molar refractivity (Wildman–Crippen MR) is 71.8 cm³/mol. The SMILES string of the molecule is O=C(O)c1cc2c(c(N3CCCC3)c1)NCCN2. The summed E-state index contributed by atoms with van der Waals surface area (Å²) in [6.07, 6.45) is 2.36. The van der Waals surface area contributed by atoms with E-state index in [9.17, 15) is 9.90 Å². The van der Waals surface area contributed by atoms with E-state index in [0.717, 1.165) is 43.2 Å². The van der Waals surface area contributed by atoms with Crippen LogP contribution in [0.2, 0.25) is 0 Å². The van der Waals surface area contributed by atoms with Gasteiger partial charge in [-0.15, -0.1) is 0 Å². The third-order valence-corrected chi connectivity index (χ3v) is 3.55. The molecule has 3 N–H and O–H groups in total. The van der Waals surface area contributed by atoms with E-state index >= 15 is 0 Å². The molecule has 0 radical (unpaired) electrons. The topological polar surface area (TPSA) is 64.6 Å². The van der Waals surface area contributed by atoms with Crippen molar-refractivity contribution in [1.29, 1.82) is 0 Å². The number of hydrogen-bond acceptors (Lipinski definition) is 4. The molecule has 0 spiro atoms.